The van der Waals surface area contributed by atoms with Gasteiger partial charge in [0, 0.05) is 17.6 Å². The summed E-state index contributed by atoms with van der Waals surface area (Å²) in [6.45, 7) is 1.46. The van der Waals surface area contributed by atoms with Gasteiger partial charge in [0.2, 0.25) is 0 Å². The summed E-state index contributed by atoms with van der Waals surface area (Å²) < 4.78 is 5.31. The molecule has 1 unspecified atom stereocenters. The summed E-state index contributed by atoms with van der Waals surface area (Å²) >= 11 is 3.39. The van der Waals surface area contributed by atoms with Gasteiger partial charge in [-0.1, -0.05) is 0 Å². The van der Waals surface area contributed by atoms with Crippen molar-refractivity contribution < 1.29 is 19.4 Å². The number of methoxy groups -OCH3 is 1. The van der Waals surface area contributed by atoms with Crippen molar-refractivity contribution in [2.45, 2.75) is 12.5 Å². The molecule has 0 aliphatic carbocycles. The van der Waals surface area contributed by atoms with Crippen molar-refractivity contribution in [2.24, 2.45) is 0 Å². The van der Waals surface area contributed by atoms with E-state index in [-0.39, 0.29) is 11.6 Å². The molecule has 2 rings (SSSR count). The Kier molecular flexibility index (Phi) is 4.49. The maximum Gasteiger partial charge on any atom is 0.407 e. The number of hydrogen-bond donors (Lipinski definition) is 2. The lowest BCUT2D eigenvalue weighted by atomic mass is 10.2. The molecule has 0 aromatic heterocycles. The highest BCUT2D eigenvalue weighted by Gasteiger charge is 2.25. The second-order valence-corrected chi connectivity index (χ2v) is 5.39. The van der Waals surface area contributed by atoms with Crippen LogP contribution in [0, 0.1) is 0 Å². The molecule has 1 amide bonds. The molecule has 0 bridgehead atoms. The first-order chi connectivity index (χ1) is 9.51. The van der Waals surface area contributed by atoms with E-state index in [2.05, 4.69) is 30.9 Å². The molecule has 0 spiro atoms. The molecule has 1 atom stereocenters. The number of nitrogens with one attached hydrogen (secondary N) is 1. The molecule has 7 heteroatoms. The van der Waals surface area contributed by atoms with Gasteiger partial charge < -0.3 is 20.1 Å². The molecule has 1 fully saturated rings. The average Bonchev–Trinajstić information content (AvgIpc) is 2.86. The summed E-state index contributed by atoms with van der Waals surface area (Å²) in [6.07, 6.45) is 0.388. The van der Waals surface area contributed by atoms with E-state index in [1.807, 2.05) is 0 Å². The Labute approximate surface area is 124 Å². The van der Waals surface area contributed by atoms with E-state index in [1.165, 1.54) is 7.11 Å². The minimum absolute atomic E-state index is 0.0356. The predicted molar refractivity (Wildman–Crippen MR) is 77.3 cm³/mol. The summed E-state index contributed by atoms with van der Waals surface area (Å²) in [5.41, 5.74) is 1.16. The molecule has 6 nitrogen and oxygen atoms in total. The zero-order valence-corrected chi connectivity index (χ0v) is 12.5. The summed E-state index contributed by atoms with van der Waals surface area (Å²) in [5, 5.41) is 11.7. The second-order valence-electron chi connectivity index (χ2n) is 4.54. The smallest absolute Gasteiger partial charge is 0.407 e. The first kappa shape index (κ1) is 14.6. The fraction of sp³-hybridized carbons (Fsp3) is 0.385. The lowest BCUT2D eigenvalue weighted by molar-refractivity contribution is 0.0696. The number of aromatic carboxylic acids is 1. The molecule has 0 radical (unpaired) electrons. The first-order valence-electron chi connectivity index (χ1n) is 6.13. The Hall–Kier alpha value is -1.76. The number of alkyl carbamates (subject to hydrolysis) is 1. The van der Waals surface area contributed by atoms with Gasteiger partial charge in [0.25, 0.3) is 0 Å². The molecule has 1 aliphatic rings. The molecule has 2 N–H and O–H groups in total. The number of carboxylic acid groups (broad SMARTS) is 1. The van der Waals surface area contributed by atoms with Crippen molar-refractivity contribution >= 4 is 33.7 Å². The Morgan fingerprint density at radius 2 is 2.25 bits per heavy atom. The monoisotopic (exact) mass is 342 g/mol. The van der Waals surface area contributed by atoms with Crippen molar-refractivity contribution in [3.8, 4) is 0 Å². The van der Waals surface area contributed by atoms with E-state index < -0.39 is 12.1 Å². The molecule has 108 valence electrons. The maximum atomic E-state index is 11.2. The van der Waals surface area contributed by atoms with Crippen LogP contribution in [0.1, 0.15) is 16.8 Å². The number of anilines is 1. The fourth-order valence-corrected chi connectivity index (χ4v) is 2.85. The lowest BCUT2D eigenvalue weighted by Gasteiger charge is -2.20. The van der Waals surface area contributed by atoms with E-state index >= 15 is 0 Å². The molecule has 20 heavy (non-hydrogen) atoms. The van der Waals surface area contributed by atoms with E-state index in [0.717, 1.165) is 23.1 Å². The van der Waals surface area contributed by atoms with E-state index in [4.69, 9.17) is 5.11 Å². The van der Waals surface area contributed by atoms with Crippen LogP contribution in [-0.4, -0.2) is 43.4 Å². The Morgan fingerprint density at radius 3 is 2.85 bits per heavy atom. The quantitative estimate of drug-likeness (QED) is 0.879. The van der Waals surface area contributed by atoms with E-state index in [1.54, 1.807) is 18.2 Å². The Bertz CT molecular complexity index is 535. The van der Waals surface area contributed by atoms with Gasteiger partial charge >= 0.3 is 12.1 Å². The van der Waals surface area contributed by atoms with E-state index in [0.29, 0.717) is 6.54 Å². The van der Waals surface area contributed by atoms with Crippen LogP contribution >= 0.6 is 15.9 Å². The average molecular weight is 343 g/mol. The van der Waals surface area contributed by atoms with Crippen LogP contribution in [0.4, 0.5) is 10.5 Å². The highest BCUT2D eigenvalue weighted by atomic mass is 79.9. The summed E-state index contributed by atoms with van der Waals surface area (Å²) in [4.78, 5) is 24.2. The Balaban J connectivity index is 2.06. The maximum absolute atomic E-state index is 11.2. The topological polar surface area (TPSA) is 78.9 Å². The normalized spacial score (nSPS) is 17.9. The van der Waals surface area contributed by atoms with Crippen LogP contribution in [0.25, 0.3) is 0 Å². The van der Waals surface area contributed by atoms with Crippen LogP contribution in [0.2, 0.25) is 0 Å². The number of benzene rings is 1. The van der Waals surface area contributed by atoms with Crippen molar-refractivity contribution in [3.05, 3.63) is 28.2 Å². The van der Waals surface area contributed by atoms with Gasteiger partial charge in [-0.25, -0.2) is 9.59 Å². The van der Waals surface area contributed by atoms with Gasteiger partial charge in [-0.15, -0.1) is 0 Å². The minimum atomic E-state index is -0.955. The van der Waals surface area contributed by atoms with Gasteiger partial charge in [0.15, 0.2) is 0 Å². The third-order valence-corrected chi connectivity index (χ3v) is 3.87. The first-order valence-corrected chi connectivity index (χ1v) is 6.93. The third kappa shape index (κ3) is 3.22. The molecule has 0 saturated carbocycles. The van der Waals surface area contributed by atoms with Crippen LogP contribution in [0.5, 0.6) is 0 Å². The number of carbonyl (C=O) groups is 2. The van der Waals surface area contributed by atoms with Gasteiger partial charge in [0.1, 0.15) is 0 Å². The highest BCUT2D eigenvalue weighted by molar-refractivity contribution is 9.10. The molecule has 1 aromatic rings. The number of nitrogens with zero attached hydrogens (tertiary/aromatic N) is 1. The van der Waals surface area contributed by atoms with Crippen LogP contribution in [0.3, 0.4) is 0 Å². The number of ether oxygens (including phenoxy) is 1. The standard InChI is InChI=1S/C13H15BrN2O4/c1-20-13(19)15-9-4-5-16(7-9)11-3-2-8(12(17)18)6-10(11)14/h2-3,6,9H,4-5,7H2,1H3,(H,15,19)(H,17,18). The van der Waals surface area contributed by atoms with Crippen LogP contribution < -0.4 is 10.2 Å². The predicted octanol–water partition coefficient (Wildman–Crippen LogP) is 2.08. The number of carbonyl (C=O) groups excluding carboxylic acids is 1. The molecular formula is C13H15BrN2O4. The van der Waals surface area contributed by atoms with Crippen molar-refractivity contribution in [3.63, 3.8) is 0 Å². The zero-order chi connectivity index (χ0) is 14.7. The number of halogens is 1. The number of hydrogen-bond acceptors (Lipinski definition) is 4. The molecule has 1 heterocycles. The largest absolute Gasteiger partial charge is 0.478 e. The molecule has 1 saturated heterocycles. The summed E-state index contributed by atoms with van der Waals surface area (Å²) in [7, 11) is 1.34. The van der Waals surface area contributed by atoms with E-state index in [9.17, 15) is 9.59 Å². The number of amides is 1. The van der Waals surface area contributed by atoms with Crippen molar-refractivity contribution in [1.82, 2.24) is 5.32 Å². The van der Waals surface area contributed by atoms with Gasteiger partial charge in [-0.3, -0.25) is 0 Å². The Morgan fingerprint density at radius 1 is 1.50 bits per heavy atom. The van der Waals surface area contributed by atoms with Crippen molar-refractivity contribution in [1.29, 1.82) is 0 Å². The summed E-state index contributed by atoms with van der Waals surface area (Å²) in [5.74, 6) is -0.955. The van der Waals surface area contributed by atoms with Gasteiger partial charge in [-0.05, 0) is 40.5 Å². The van der Waals surface area contributed by atoms with Gasteiger partial charge in [-0.2, -0.15) is 0 Å². The molecule has 1 aromatic carbocycles. The molecule has 1 aliphatic heterocycles. The zero-order valence-electron chi connectivity index (χ0n) is 10.9. The third-order valence-electron chi connectivity index (χ3n) is 3.23. The highest BCUT2D eigenvalue weighted by Crippen LogP contribution is 2.30. The van der Waals surface area contributed by atoms with Crippen LogP contribution in [0.15, 0.2) is 22.7 Å². The molecular weight excluding hydrogens is 328 g/mol. The van der Waals surface area contributed by atoms with Crippen LogP contribution in [-0.2, 0) is 4.74 Å². The number of carboxylic acids is 1. The van der Waals surface area contributed by atoms with Crippen molar-refractivity contribution in [2.75, 3.05) is 25.1 Å². The summed E-state index contributed by atoms with van der Waals surface area (Å²) in [6, 6.07) is 4.96. The fourth-order valence-electron chi connectivity index (χ4n) is 2.22. The lowest BCUT2D eigenvalue weighted by Crippen LogP contribution is -2.37. The number of rotatable bonds is 3. The SMILES string of the molecule is COC(=O)NC1CCN(c2ccc(C(=O)O)cc2Br)C1. The minimum Gasteiger partial charge on any atom is -0.478 e. The van der Waals surface area contributed by atoms with Gasteiger partial charge in [0.05, 0.1) is 24.4 Å². The second kappa shape index (κ2) is 6.13.